The molecule has 1 N–H and O–H groups in total. The predicted octanol–water partition coefficient (Wildman–Crippen LogP) is 3.59. The first kappa shape index (κ1) is 19.8. The molecule has 0 aromatic carbocycles. The molecule has 2 saturated carbocycles. The van der Waals surface area contributed by atoms with Gasteiger partial charge in [0.2, 0.25) is 5.79 Å². The molecule has 2 unspecified atom stereocenters. The Morgan fingerprint density at radius 2 is 1.85 bits per heavy atom. The van der Waals surface area contributed by atoms with Crippen LogP contribution in [0.4, 0.5) is 0 Å². The number of ether oxygens (including phenoxy) is 3. The highest BCUT2D eigenvalue weighted by Crippen LogP contribution is 2.72. The maximum Gasteiger partial charge on any atom is 0.336 e. The summed E-state index contributed by atoms with van der Waals surface area (Å²) in [4.78, 5) is 12.8. The molecule has 0 radical (unpaired) electrons. The Labute approximate surface area is 157 Å². The molecule has 3 aliphatic rings. The van der Waals surface area contributed by atoms with Crippen LogP contribution < -0.4 is 0 Å². The van der Waals surface area contributed by atoms with Gasteiger partial charge in [-0.1, -0.05) is 40.7 Å². The van der Waals surface area contributed by atoms with Gasteiger partial charge in [-0.25, -0.2) is 4.79 Å². The molecule has 1 saturated heterocycles. The predicted molar refractivity (Wildman–Crippen MR) is 98.4 cm³/mol. The van der Waals surface area contributed by atoms with Gasteiger partial charge in [-0.15, -0.1) is 0 Å². The Morgan fingerprint density at radius 3 is 2.38 bits per heavy atom. The zero-order valence-electron chi connectivity index (χ0n) is 17.0. The molecule has 1 heterocycles. The van der Waals surface area contributed by atoms with Crippen LogP contribution in [-0.2, 0) is 19.0 Å². The topological polar surface area (TPSA) is 65.0 Å². The summed E-state index contributed by atoms with van der Waals surface area (Å²) in [5.41, 5.74) is -0.205. The van der Waals surface area contributed by atoms with Crippen LogP contribution in [-0.4, -0.2) is 41.3 Å². The molecule has 3 rings (SSSR count). The Bertz CT molecular complexity index is 587. The van der Waals surface area contributed by atoms with E-state index >= 15 is 0 Å². The number of hydrogen-bond acceptors (Lipinski definition) is 5. The van der Waals surface area contributed by atoms with Crippen LogP contribution in [0.1, 0.15) is 67.2 Å². The van der Waals surface area contributed by atoms with E-state index in [1.165, 1.54) is 0 Å². The number of fused-ring (bicyclic) bond motifs is 3. The molecule has 2 aliphatic carbocycles. The third kappa shape index (κ3) is 2.50. The van der Waals surface area contributed by atoms with E-state index in [4.69, 9.17) is 14.2 Å². The smallest absolute Gasteiger partial charge is 0.336 e. The minimum absolute atomic E-state index is 0.0520. The summed E-state index contributed by atoms with van der Waals surface area (Å²) >= 11 is 0. The van der Waals surface area contributed by atoms with Crippen molar-refractivity contribution in [1.29, 1.82) is 0 Å². The van der Waals surface area contributed by atoms with Gasteiger partial charge < -0.3 is 19.3 Å². The van der Waals surface area contributed by atoms with Crippen molar-refractivity contribution >= 4 is 5.97 Å². The van der Waals surface area contributed by atoms with Gasteiger partial charge in [-0.2, -0.15) is 0 Å². The van der Waals surface area contributed by atoms with Crippen LogP contribution in [0.5, 0.6) is 0 Å². The summed E-state index contributed by atoms with van der Waals surface area (Å²) < 4.78 is 18.7. The number of carbonyl (C=O) groups excluding carboxylic acids is 1. The van der Waals surface area contributed by atoms with Crippen molar-refractivity contribution in [3.05, 3.63) is 12.2 Å². The first-order valence-corrected chi connectivity index (χ1v) is 9.94. The average Bonchev–Trinajstić information content (AvgIpc) is 3.02. The lowest BCUT2D eigenvalue weighted by Gasteiger charge is -2.42. The Morgan fingerprint density at radius 1 is 1.27 bits per heavy atom. The van der Waals surface area contributed by atoms with Crippen LogP contribution in [0, 0.1) is 16.7 Å². The van der Waals surface area contributed by atoms with Crippen LogP contribution in [0.15, 0.2) is 12.2 Å². The summed E-state index contributed by atoms with van der Waals surface area (Å²) in [6.07, 6.45) is 1.75. The lowest BCUT2D eigenvalue weighted by atomic mass is 9.70. The van der Waals surface area contributed by atoms with Crippen LogP contribution in [0.2, 0.25) is 0 Å². The van der Waals surface area contributed by atoms with E-state index in [1.54, 1.807) is 0 Å². The molecule has 0 aromatic heterocycles. The number of hydrogen-bond donors (Lipinski definition) is 1. The third-order valence-corrected chi connectivity index (χ3v) is 7.58. The summed E-state index contributed by atoms with van der Waals surface area (Å²) in [6, 6.07) is 0. The molecule has 1 aliphatic heterocycles. The summed E-state index contributed by atoms with van der Waals surface area (Å²) in [5, 5.41) is 10.1. The fourth-order valence-electron chi connectivity index (χ4n) is 5.39. The third-order valence-electron chi connectivity index (χ3n) is 7.58. The van der Waals surface area contributed by atoms with Crippen molar-refractivity contribution in [2.24, 2.45) is 16.7 Å². The fraction of sp³-hybridized carbons (Fsp3) is 0.857. The first-order chi connectivity index (χ1) is 12.0. The van der Waals surface area contributed by atoms with Gasteiger partial charge in [0.15, 0.2) is 6.10 Å². The highest BCUT2D eigenvalue weighted by Gasteiger charge is 2.78. The molecule has 148 valence electrons. The number of rotatable bonds is 5. The SMILES string of the molecule is C=C(C(=O)O[C@@H]1C2(O[C@@H](C)[C@@H](C)O2)[C@H]2CC[C@]1(C)C2(C)C)C(O)CCC. The normalized spacial score (nSPS) is 44.4. The highest BCUT2D eigenvalue weighted by molar-refractivity contribution is 5.89. The number of aliphatic hydroxyl groups is 1. The van der Waals surface area contributed by atoms with Crippen molar-refractivity contribution in [3.63, 3.8) is 0 Å². The minimum atomic E-state index is -0.902. The molecule has 26 heavy (non-hydrogen) atoms. The van der Waals surface area contributed by atoms with Crippen molar-refractivity contribution in [2.75, 3.05) is 0 Å². The second-order valence-electron chi connectivity index (χ2n) is 9.21. The Hall–Kier alpha value is -0.910. The summed E-state index contributed by atoms with van der Waals surface area (Å²) in [6.45, 7) is 16.4. The zero-order valence-corrected chi connectivity index (χ0v) is 17.0. The van der Waals surface area contributed by atoms with E-state index in [0.29, 0.717) is 6.42 Å². The van der Waals surface area contributed by atoms with Gasteiger partial charge in [-0.3, -0.25) is 0 Å². The summed E-state index contributed by atoms with van der Waals surface area (Å²) in [5.74, 6) is -1.28. The van der Waals surface area contributed by atoms with Gasteiger partial charge in [0.1, 0.15) is 0 Å². The van der Waals surface area contributed by atoms with Gasteiger partial charge in [0, 0.05) is 11.3 Å². The number of carbonyl (C=O) groups is 1. The largest absolute Gasteiger partial charge is 0.453 e. The van der Waals surface area contributed by atoms with Crippen LogP contribution >= 0.6 is 0 Å². The van der Waals surface area contributed by atoms with E-state index in [-0.39, 0.29) is 34.5 Å². The Balaban J connectivity index is 1.91. The van der Waals surface area contributed by atoms with Gasteiger partial charge in [0.05, 0.1) is 23.9 Å². The summed E-state index contributed by atoms with van der Waals surface area (Å²) in [7, 11) is 0. The quantitative estimate of drug-likeness (QED) is 0.595. The molecule has 0 aromatic rings. The van der Waals surface area contributed by atoms with Gasteiger partial charge in [0.25, 0.3) is 0 Å². The first-order valence-electron chi connectivity index (χ1n) is 9.94. The zero-order chi connectivity index (χ0) is 19.5. The fourth-order valence-corrected chi connectivity index (χ4v) is 5.39. The maximum absolute atomic E-state index is 12.8. The van der Waals surface area contributed by atoms with E-state index in [2.05, 4.69) is 27.4 Å². The van der Waals surface area contributed by atoms with Gasteiger partial charge in [-0.05, 0) is 38.5 Å². The van der Waals surface area contributed by atoms with Crippen molar-refractivity contribution in [2.45, 2.75) is 97.4 Å². The van der Waals surface area contributed by atoms with Crippen LogP contribution in [0.3, 0.4) is 0 Å². The lowest BCUT2D eigenvalue weighted by molar-refractivity contribution is -0.270. The van der Waals surface area contributed by atoms with Crippen molar-refractivity contribution in [3.8, 4) is 0 Å². The van der Waals surface area contributed by atoms with E-state index in [1.807, 2.05) is 20.8 Å². The molecule has 5 nitrogen and oxygen atoms in total. The highest BCUT2D eigenvalue weighted by atomic mass is 16.8. The molecule has 2 bridgehead atoms. The number of esters is 1. The maximum atomic E-state index is 12.8. The standard InChI is InChI=1S/C21H34O5/c1-8-9-15(22)12(2)17(23)24-18-20(7)11-10-16(19(20,5)6)21(18)25-13(3)14(4)26-21/h13-16,18,22H,2,8-11H2,1,3-7H3/t13-,14+,15?,16-,18-,20-,21?/m0/s1. The number of aliphatic hydroxyl groups excluding tert-OH is 1. The average molecular weight is 366 g/mol. The molecule has 3 fully saturated rings. The van der Waals surface area contributed by atoms with E-state index in [9.17, 15) is 9.90 Å². The molecular weight excluding hydrogens is 332 g/mol. The van der Waals surface area contributed by atoms with Crippen molar-refractivity contribution < 1.29 is 24.1 Å². The van der Waals surface area contributed by atoms with E-state index in [0.717, 1.165) is 19.3 Å². The second kappa shape index (κ2) is 6.32. The van der Waals surface area contributed by atoms with Gasteiger partial charge >= 0.3 is 5.97 Å². The molecular formula is C21H34O5. The molecule has 1 spiro atoms. The second-order valence-corrected chi connectivity index (χ2v) is 9.21. The minimum Gasteiger partial charge on any atom is -0.453 e. The lowest BCUT2D eigenvalue weighted by Crippen LogP contribution is -2.54. The molecule has 5 heteroatoms. The Kier molecular flexibility index (Phi) is 4.82. The van der Waals surface area contributed by atoms with E-state index < -0.39 is 24.0 Å². The van der Waals surface area contributed by atoms with Crippen LogP contribution in [0.25, 0.3) is 0 Å². The van der Waals surface area contributed by atoms with Crippen molar-refractivity contribution in [1.82, 2.24) is 0 Å². The monoisotopic (exact) mass is 366 g/mol. The molecule has 7 atom stereocenters. The molecule has 0 amide bonds.